The van der Waals surface area contributed by atoms with Gasteiger partial charge >= 0.3 is 0 Å². The van der Waals surface area contributed by atoms with Crippen LogP contribution < -0.4 is 9.46 Å². The van der Waals surface area contributed by atoms with Crippen molar-refractivity contribution in [2.75, 3.05) is 18.4 Å². The summed E-state index contributed by atoms with van der Waals surface area (Å²) in [5, 5.41) is 7.50. The van der Waals surface area contributed by atoms with E-state index >= 15 is 0 Å². The Bertz CT molecular complexity index is 1320. The van der Waals surface area contributed by atoms with Gasteiger partial charge in [0.15, 0.2) is 11.6 Å². The highest BCUT2D eigenvalue weighted by molar-refractivity contribution is 7.93. The maximum atomic E-state index is 13.7. The Morgan fingerprint density at radius 3 is 2.50 bits per heavy atom. The van der Waals surface area contributed by atoms with Crippen LogP contribution in [0.15, 0.2) is 30.6 Å². The van der Waals surface area contributed by atoms with Crippen molar-refractivity contribution in [3.05, 3.63) is 42.0 Å². The van der Waals surface area contributed by atoms with Crippen molar-refractivity contribution in [1.29, 1.82) is 0 Å². The molecule has 0 saturated carbocycles. The molecule has 0 bridgehead atoms. The van der Waals surface area contributed by atoms with E-state index in [0.29, 0.717) is 24.0 Å². The van der Waals surface area contributed by atoms with Gasteiger partial charge in [-0.15, -0.1) is 10.2 Å². The lowest BCUT2D eigenvalue weighted by molar-refractivity contribution is 0.00152. The van der Waals surface area contributed by atoms with E-state index in [2.05, 4.69) is 29.9 Å². The van der Waals surface area contributed by atoms with E-state index in [4.69, 9.17) is 14.2 Å². The SMILES string of the molecule is COc1cccc(-c2nnc(NS(=O)(=O)[C@@H](C)[C@@H](OC(C)C)c3ncc(C)cn3)n2[C@H](C)C2CCCO2)n1. The van der Waals surface area contributed by atoms with E-state index in [1.807, 2.05) is 27.7 Å². The van der Waals surface area contributed by atoms with E-state index in [1.165, 1.54) is 7.11 Å². The molecule has 1 aliphatic rings. The molecule has 38 heavy (non-hydrogen) atoms. The molecule has 1 saturated heterocycles. The van der Waals surface area contributed by atoms with Gasteiger partial charge in [0.1, 0.15) is 17.0 Å². The summed E-state index contributed by atoms with van der Waals surface area (Å²) in [4.78, 5) is 13.2. The molecule has 3 aromatic heterocycles. The zero-order valence-corrected chi connectivity index (χ0v) is 23.3. The molecule has 0 aliphatic carbocycles. The number of hydrogen-bond donors (Lipinski definition) is 1. The Labute approximate surface area is 223 Å². The first kappa shape index (κ1) is 27.9. The number of anilines is 1. The minimum Gasteiger partial charge on any atom is -0.481 e. The molecular formula is C25H35N7O5S. The summed E-state index contributed by atoms with van der Waals surface area (Å²) in [7, 11) is -2.51. The van der Waals surface area contributed by atoms with E-state index < -0.39 is 21.4 Å². The molecule has 3 aromatic rings. The van der Waals surface area contributed by atoms with Crippen molar-refractivity contribution in [2.24, 2.45) is 0 Å². The summed E-state index contributed by atoms with van der Waals surface area (Å²) < 4.78 is 49.0. The molecule has 1 fully saturated rings. The van der Waals surface area contributed by atoms with Crippen molar-refractivity contribution in [3.8, 4) is 17.4 Å². The van der Waals surface area contributed by atoms with Crippen LogP contribution in [-0.2, 0) is 19.5 Å². The van der Waals surface area contributed by atoms with Gasteiger partial charge in [-0.05, 0) is 59.1 Å². The van der Waals surface area contributed by atoms with Crippen molar-refractivity contribution in [2.45, 2.75) is 77.1 Å². The van der Waals surface area contributed by atoms with Crippen LogP contribution in [-0.4, -0.2) is 69.3 Å². The number of aryl methyl sites for hydroxylation is 1. The van der Waals surface area contributed by atoms with Crippen LogP contribution in [0.1, 0.15) is 64.1 Å². The third kappa shape index (κ3) is 6.11. The molecule has 1 N–H and O–H groups in total. The van der Waals surface area contributed by atoms with Crippen LogP contribution in [0.2, 0.25) is 0 Å². The number of rotatable bonds is 11. The highest BCUT2D eigenvalue weighted by Crippen LogP contribution is 2.33. The van der Waals surface area contributed by atoms with Crippen molar-refractivity contribution >= 4 is 16.0 Å². The van der Waals surface area contributed by atoms with Crippen molar-refractivity contribution in [3.63, 3.8) is 0 Å². The number of aromatic nitrogens is 6. The second-order valence-electron chi connectivity index (χ2n) is 9.65. The second-order valence-corrected chi connectivity index (χ2v) is 11.7. The highest BCUT2D eigenvalue weighted by atomic mass is 32.2. The molecule has 206 valence electrons. The maximum absolute atomic E-state index is 13.7. The van der Waals surface area contributed by atoms with Gasteiger partial charge in [0.25, 0.3) is 0 Å². The topological polar surface area (TPSA) is 143 Å². The Morgan fingerprint density at radius 1 is 1.13 bits per heavy atom. The summed E-state index contributed by atoms with van der Waals surface area (Å²) in [6, 6.07) is 5.01. The number of pyridine rings is 1. The minimum absolute atomic E-state index is 0.0626. The van der Waals surface area contributed by atoms with Crippen LogP contribution in [0.5, 0.6) is 5.88 Å². The molecule has 0 amide bonds. The molecule has 0 spiro atoms. The number of ether oxygens (including phenoxy) is 3. The predicted molar refractivity (Wildman–Crippen MR) is 141 cm³/mol. The van der Waals surface area contributed by atoms with E-state index in [0.717, 1.165) is 18.4 Å². The molecule has 1 aliphatic heterocycles. The molecular weight excluding hydrogens is 510 g/mol. The first-order chi connectivity index (χ1) is 18.1. The molecule has 0 aromatic carbocycles. The maximum Gasteiger partial charge on any atom is 0.240 e. The molecule has 1 unspecified atom stereocenters. The van der Waals surface area contributed by atoms with Gasteiger partial charge in [0.05, 0.1) is 25.4 Å². The van der Waals surface area contributed by atoms with E-state index in [9.17, 15) is 8.42 Å². The molecule has 4 atom stereocenters. The van der Waals surface area contributed by atoms with Crippen LogP contribution >= 0.6 is 0 Å². The largest absolute Gasteiger partial charge is 0.481 e. The lowest BCUT2D eigenvalue weighted by Gasteiger charge is -2.27. The highest BCUT2D eigenvalue weighted by Gasteiger charge is 2.37. The first-order valence-corrected chi connectivity index (χ1v) is 14.2. The average molecular weight is 546 g/mol. The van der Waals surface area contributed by atoms with Crippen LogP contribution in [0.3, 0.4) is 0 Å². The quantitative estimate of drug-likeness (QED) is 0.380. The number of hydrogen-bond acceptors (Lipinski definition) is 10. The van der Waals surface area contributed by atoms with E-state index in [1.54, 1.807) is 42.1 Å². The van der Waals surface area contributed by atoms with Crippen molar-refractivity contribution < 1.29 is 22.6 Å². The summed E-state index contributed by atoms with van der Waals surface area (Å²) in [6.07, 6.45) is 3.75. The minimum atomic E-state index is -4.04. The summed E-state index contributed by atoms with van der Waals surface area (Å²) in [5.41, 5.74) is 1.36. The van der Waals surface area contributed by atoms with Crippen molar-refractivity contribution in [1.82, 2.24) is 29.7 Å². The zero-order chi connectivity index (χ0) is 27.4. The molecule has 0 radical (unpaired) electrons. The molecule has 13 heteroatoms. The van der Waals surface area contributed by atoms with Gasteiger partial charge in [-0.3, -0.25) is 9.29 Å². The Morgan fingerprint density at radius 2 is 1.87 bits per heavy atom. The third-order valence-electron chi connectivity index (χ3n) is 6.39. The normalized spacial score (nSPS) is 18.3. The smallest absolute Gasteiger partial charge is 0.240 e. The number of methoxy groups -OCH3 is 1. The average Bonchev–Trinajstić information content (AvgIpc) is 3.57. The zero-order valence-electron chi connectivity index (χ0n) is 22.5. The number of nitrogens with zero attached hydrogens (tertiary/aromatic N) is 6. The Kier molecular flexibility index (Phi) is 8.58. The third-order valence-corrected chi connectivity index (χ3v) is 8.08. The fourth-order valence-corrected chi connectivity index (χ4v) is 5.42. The van der Waals surface area contributed by atoms with E-state index in [-0.39, 0.29) is 30.0 Å². The number of sulfonamides is 1. The van der Waals surface area contributed by atoms with Gasteiger partial charge in [-0.25, -0.2) is 23.4 Å². The van der Waals surface area contributed by atoms with Gasteiger partial charge in [-0.2, -0.15) is 0 Å². The lowest BCUT2D eigenvalue weighted by atomic mass is 10.1. The summed E-state index contributed by atoms with van der Waals surface area (Å²) >= 11 is 0. The Balaban J connectivity index is 1.71. The fraction of sp³-hybridized carbons (Fsp3) is 0.560. The van der Waals surface area contributed by atoms with Gasteiger partial charge < -0.3 is 14.2 Å². The second kappa shape index (κ2) is 11.7. The van der Waals surface area contributed by atoms with Crippen LogP contribution in [0.4, 0.5) is 5.95 Å². The fourth-order valence-electron chi connectivity index (χ4n) is 4.33. The first-order valence-electron chi connectivity index (χ1n) is 12.6. The molecule has 4 heterocycles. The number of nitrogens with one attached hydrogen (secondary N) is 1. The van der Waals surface area contributed by atoms with Crippen LogP contribution in [0, 0.1) is 6.92 Å². The predicted octanol–water partition coefficient (Wildman–Crippen LogP) is 3.48. The van der Waals surface area contributed by atoms with Gasteiger partial charge in [0.2, 0.25) is 21.9 Å². The lowest BCUT2D eigenvalue weighted by Crippen LogP contribution is -2.35. The standard InChI is InChI=1S/C25H35N7O5S/c1-15(2)37-22(23-26-13-16(3)14-27-23)18(5)38(33,34)31-25-30-29-24(19-9-7-11-21(28-19)35-6)32(25)17(4)20-10-8-12-36-20/h7,9,11,13-15,17-18,20,22H,8,10,12H2,1-6H3,(H,30,31)/t17-,18+,20?,22-/m1/s1. The molecule has 12 nitrogen and oxygen atoms in total. The summed E-state index contributed by atoms with van der Waals surface area (Å²) in [5.74, 6) is 1.16. The Hall–Kier alpha value is -3.16. The molecule has 4 rings (SSSR count). The van der Waals surface area contributed by atoms with Gasteiger partial charge in [0, 0.05) is 25.1 Å². The van der Waals surface area contributed by atoms with Crippen LogP contribution in [0.25, 0.3) is 11.5 Å². The van der Waals surface area contributed by atoms with Gasteiger partial charge in [-0.1, -0.05) is 6.07 Å². The monoisotopic (exact) mass is 545 g/mol. The summed E-state index contributed by atoms with van der Waals surface area (Å²) in [6.45, 7) is 9.69.